The minimum atomic E-state index is -0.310. The van der Waals surface area contributed by atoms with Gasteiger partial charge in [-0.3, -0.25) is 9.59 Å². The average Bonchev–Trinajstić information content (AvgIpc) is 2.55. The molecule has 0 radical (unpaired) electrons. The summed E-state index contributed by atoms with van der Waals surface area (Å²) in [5.74, 6) is -0.310. The van der Waals surface area contributed by atoms with Gasteiger partial charge in [0.15, 0.2) is 12.0 Å². The van der Waals surface area contributed by atoms with Gasteiger partial charge in [0.05, 0.1) is 23.8 Å². The van der Waals surface area contributed by atoms with E-state index in [0.717, 1.165) is 35.4 Å². The minimum Gasteiger partial charge on any atom is -0.343 e. The largest absolute Gasteiger partial charge is 0.343 e. The van der Waals surface area contributed by atoms with Gasteiger partial charge in [0.25, 0.3) is 5.91 Å². The highest BCUT2D eigenvalue weighted by Crippen LogP contribution is 2.20. The van der Waals surface area contributed by atoms with E-state index < -0.39 is 0 Å². The molecule has 0 saturated heterocycles. The van der Waals surface area contributed by atoms with E-state index in [1.54, 1.807) is 26.5 Å². The van der Waals surface area contributed by atoms with Crippen molar-refractivity contribution in [1.82, 2.24) is 25.1 Å². The maximum atomic E-state index is 12.2. The lowest BCUT2D eigenvalue weighted by Crippen LogP contribution is -2.26. The summed E-state index contributed by atoms with van der Waals surface area (Å²) < 4.78 is 0. The molecule has 0 fully saturated rings. The Hall–Kier alpha value is -2.70. The van der Waals surface area contributed by atoms with Crippen LogP contribution in [0.4, 0.5) is 0 Å². The van der Waals surface area contributed by atoms with Crippen LogP contribution in [0, 0.1) is 0 Å². The molecule has 3 rings (SSSR count). The molecule has 1 aliphatic rings. The van der Waals surface area contributed by atoms with E-state index >= 15 is 0 Å². The Bertz CT molecular complexity index is 773. The van der Waals surface area contributed by atoms with E-state index in [0.29, 0.717) is 19.1 Å². The molecule has 7 heteroatoms. The molecule has 2 heterocycles. The molecule has 0 spiro atoms. The second-order valence-electron chi connectivity index (χ2n) is 5.71. The number of hydrogen-bond donors (Lipinski definition) is 0. The molecule has 0 saturated carbocycles. The Morgan fingerprint density at radius 3 is 2.09 bits per heavy atom. The monoisotopic (exact) mass is 311 g/mol. The van der Waals surface area contributed by atoms with Gasteiger partial charge in [-0.15, -0.1) is 0 Å². The Kier molecular flexibility index (Phi) is 4.10. The molecular weight excluding hydrogens is 294 g/mol. The Labute approximate surface area is 133 Å². The number of hydrogen-bond acceptors (Lipinski definition) is 6. The van der Waals surface area contributed by atoms with Crippen LogP contribution in [0.3, 0.4) is 0 Å². The van der Waals surface area contributed by atoms with E-state index in [-0.39, 0.29) is 17.3 Å². The third-order valence-corrected chi connectivity index (χ3v) is 3.97. The number of rotatable bonds is 2. The first-order valence-corrected chi connectivity index (χ1v) is 7.45. The van der Waals surface area contributed by atoms with Crippen LogP contribution < -0.4 is 0 Å². The van der Waals surface area contributed by atoms with Crippen molar-refractivity contribution in [1.29, 1.82) is 0 Å². The van der Waals surface area contributed by atoms with Gasteiger partial charge in [0.1, 0.15) is 5.69 Å². The molecule has 0 bridgehead atoms. The molecule has 7 nitrogen and oxygen atoms in total. The van der Waals surface area contributed by atoms with Crippen LogP contribution >= 0.6 is 0 Å². The fourth-order valence-electron chi connectivity index (χ4n) is 2.70. The summed E-state index contributed by atoms with van der Waals surface area (Å²) >= 11 is 0. The van der Waals surface area contributed by atoms with Gasteiger partial charge in [0, 0.05) is 14.1 Å². The van der Waals surface area contributed by atoms with Crippen LogP contribution in [0.2, 0.25) is 0 Å². The van der Waals surface area contributed by atoms with Crippen LogP contribution in [0.5, 0.6) is 0 Å². The molecule has 118 valence electrons. The van der Waals surface area contributed by atoms with Crippen molar-refractivity contribution in [3.63, 3.8) is 0 Å². The van der Waals surface area contributed by atoms with Gasteiger partial charge >= 0.3 is 0 Å². The number of carbonyl (C=O) groups is 2. The molecule has 0 N–H and O–H groups in total. The molecule has 0 unspecified atom stereocenters. The van der Waals surface area contributed by atoms with Crippen LogP contribution in [0.25, 0.3) is 0 Å². The maximum absolute atomic E-state index is 12.2. The summed E-state index contributed by atoms with van der Waals surface area (Å²) in [5, 5.41) is 7.85. The smallest absolute Gasteiger partial charge is 0.274 e. The highest BCUT2D eigenvalue weighted by molar-refractivity contribution is 5.98. The number of aryl methyl sites for hydroxylation is 4. The number of nitrogens with zero attached hydrogens (tertiary/aromatic N) is 5. The number of aromatic nitrogens is 4. The number of fused-ring (bicyclic) bond motifs is 2. The van der Waals surface area contributed by atoms with Crippen LogP contribution in [-0.2, 0) is 25.7 Å². The van der Waals surface area contributed by atoms with Gasteiger partial charge in [-0.2, -0.15) is 10.2 Å². The average molecular weight is 311 g/mol. The normalized spacial score (nSPS) is 13.3. The van der Waals surface area contributed by atoms with Crippen molar-refractivity contribution >= 4 is 12.2 Å². The Morgan fingerprint density at radius 2 is 1.57 bits per heavy atom. The second-order valence-corrected chi connectivity index (χ2v) is 5.71. The van der Waals surface area contributed by atoms with Crippen molar-refractivity contribution < 1.29 is 9.59 Å². The molecular formula is C16H17N5O2. The first-order valence-electron chi connectivity index (χ1n) is 7.45. The van der Waals surface area contributed by atoms with Crippen molar-refractivity contribution in [3.05, 3.63) is 46.3 Å². The summed E-state index contributed by atoms with van der Waals surface area (Å²) in [6.45, 7) is 0. The summed E-state index contributed by atoms with van der Waals surface area (Å²) in [5.41, 5.74) is 4.09. The fourth-order valence-corrected chi connectivity index (χ4v) is 2.70. The van der Waals surface area contributed by atoms with Gasteiger partial charge in [-0.05, 0) is 36.8 Å². The van der Waals surface area contributed by atoms with E-state index in [9.17, 15) is 9.59 Å². The second kappa shape index (κ2) is 6.20. The number of aldehydes is 1. The summed E-state index contributed by atoms with van der Waals surface area (Å²) in [6.07, 6.45) is 7.01. The first-order chi connectivity index (χ1) is 11.1. The lowest BCUT2D eigenvalue weighted by molar-refractivity contribution is 0.0817. The Morgan fingerprint density at radius 1 is 1.00 bits per heavy atom. The molecule has 0 aromatic carbocycles. The molecule has 2 aromatic heterocycles. The zero-order chi connectivity index (χ0) is 16.4. The molecule has 23 heavy (non-hydrogen) atoms. The van der Waals surface area contributed by atoms with E-state index in [2.05, 4.69) is 20.2 Å². The summed E-state index contributed by atoms with van der Waals surface area (Å²) in [4.78, 5) is 33.8. The van der Waals surface area contributed by atoms with Crippen LogP contribution in [-0.4, -0.2) is 51.4 Å². The summed E-state index contributed by atoms with van der Waals surface area (Å²) in [6, 6.07) is 0. The van der Waals surface area contributed by atoms with Crippen molar-refractivity contribution in [2.45, 2.75) is 25.7 Å². The quantitative estimate of drug-likeness (QED) is 0.757. The number of amides is 1. The standard InChI is InChI=1S/C16H17N5O2/c1-21(2)16(23)15-14(9-22)19-12-5-3-10-7-17-18-8-11(10)4-6-13(12)20-15/h7-9H,3-6H2,1-2H3. The van der Waals surface area contributed by atoms with Crippen LogP contribution in [0.1, 0.15) is 43.5 Å². The molecule has 0 atom stereocenters. The fraction of sp³-hybridized carbons (Fsp3) is 0.375. The van der Waals surface area contributed by atoms with Gasteiger partial charge < -0.3 is 4.90 Å². The van der Waals surface area contributed by atoms with Crippen molar-refractivity contribution in [3.8, 4) is 0 Å². The predicted octanol–water partition coefficient (Wildman–Crippen LogP) is 0.665. The van der Waals surface area contributed by atoms with E-state index in [4.69, 9.17) is 0 Å². The SMILES string of the molecule is CN(C)C(=O)c1nc2c(nc1C=O)CCc1cnncc1CC2. The summed E-state index contributed by atoms with van der Waals surface area (Å²) in [7, 11) is 3.26. The minimum absolute atomic E-state index is 0.108. The first kappa shape index (κ1) is 15.2. The highest BCUT2D eigenvalue weighted by Gasteiger charge is 2.22. The highest BCUT2D eigenvalue weighted by atomic mass is 16.2. The number of carbonyl (C=O) groups excluding carboxylic acids is 2. The molecule has 1 aliphatic carbocycles. The zero-order valence-electron chi connectivity index (χ0n) is 13.1. The lowest BCUT2D eigenvalue weighted by atomic mass is 9.95. The van der Waals surface area contributed by atoms with E-state index in [1.807, 2.05) is 0 Å². The van der Waals surface area contributed by atoms with Gasteiger partial charge in [-0.25, -0.2) is 9.97 Å². The van der Waals surface area contributed by atoms with E-state index in [1.165, 1.54) is 4.90 Å². The predicted molar refractivity (Wildman–Crippen MR) is 82.3 cm³/mol. The molecule has 2 aromatic rings. The third kappa shape index (κ3) is 2.94. The zero-order valence-corrected chi connectivity index (χ0v) is 13.1. The topological polar surface area (TPSA) is 88.9 Å². The Balaban J connectivity index is 2.01. The van der Waals surface area contributed by atoms with Gasteiger partial charge in [-0.1, -0.05) is 0 Å². The molecule has 1 amide bonds. The molecule has 0 aliphatic heterocycles. The lowest BCUT2D eigenvalue weighted by Gasteiger charge is -2.17. The van der Waals surface area contributed by atoms with Crippen LogP contribution in [0.15, 0.2) is 12.4 Å². The van der Waals surface area contributed by atoms with Crippen molar-refractivity contribution in [2.75, 3.05) is 14.1 Å². The van der Waals surface area contributed by atoms with Crippen molar-refractivity contribution in [2.24, 2.45) is 0 Å². The maximum Gasteiger partial charge on any atom is 0.274 e. The van der Waals surface area contributed by atoms with Gasteiger partial charge in [0.2, 0.25) is 0 Å². The third-order valence-electron chi connectivity index (χ3n) is 3.97.